The predicted molar refractivity (Wildman–Crippen MR) is 56.4 cm³/mol. The van der Waals surface area contributed by atoms with Crippen molar-refractivity contribution in [3.63, 3.8) is 0 Å². The average Bonchev–Trinajstić information content (AvgIpc) is 2.21. The van der Waals surface area contributed by atoms with Gasteiger partial charge in [-0.1, -0.05) is 6.07 Å². The predicted octanol–water partition coefficient (Wildman–Crippen LogP) is 4.22. The van der Waals surface area contributed by atoms with Crippen LogP contribution in [0.25, 0.3) is 11.1 Å². The Morgan fingerprint density at radius 1 is 0.706 bits per heavy atom. The molecule has 0 aliphatic rings. The molecule has 0 fully saturated rings. The molecule has 0 nitrogen and oxygen atoms in total. The maximum absolute atomic E-state index is 13.6. The molecular formula is C13H8F4. The lowest BCUT2D eigenvalue weighted by Gasteiger charge is -2.07. The van der Waals surface area contributed by atoms with Crippen LogP contribution in [0.3, 0.4) is 0 Å². The number of hydrogen-bond donors (Lipinski definition) is 0. The molecule has 0 unspecified atom stereocenters. The van der Waals surface area contributed by atoms with Gasteiger partial charge in [0.2, 0.25) is 0 Å². The summed E-state index contributed by atoms with van der Waals surface area (Å²) in [5.41, 5.74) is 0.0414. The molecule has 0 aliphatic heterocycles. The number of hydrogen-bond acceptors (Lipinski definition) is 0. The zero-order valence-electron chi connectivity index (χ0n) is 8.90. The van der Waals surface area contributed by atoms with Crippen LogP contribution in [-0.2, 0) is 0 Å². The van der Waals surface area contributed by atoms with Gasteiger partial charge in [-0.2, -0.15) is 0 Å². The number of rotatable bonds is 1. The fourth-order valence-electron chi connectivity index (χ4n) is 1.63. The topological polar surface area (TPSA) is 0 Å². The molecule has 17 heavy (non-hydrogen) atoms. The Labute approximate surface area is 95.5 Å². The van der Waals surface area contributed by atoms with Crippen LogP contribution in [0, 0.1) is 30.2 Å². The van der Waals surface area contributed by atoms with Crippen LogP contribution in [-0.4, -0.2) is 0 Å². The van der Waals surface area contributed by atoms with Gasteiger partial charge < -0.3 is 0 Å². The molecule has 2 aromatic rings. The van der Waals surface area contributed by atoms with E-state index in [1.807, 2.05) is 0 Å². The molecule has 0 radical (unpaired) electrons. The summed E-state index contributed by atoms with van der Waals surface area (Å²) in [4.78, 5) is 0. The minimum absolute atomic E-state index is 0.0288. The van der Waals surface area contributed by atoms with Crippen molar-refractivity contribution in [2.24, 2.45) is 0 Å². The Morgan fingerprint density at radius 3 is 1.82 bits per heavy atom. The fourth-order valence-corrected chi connectivity index (χ4v) is 1.63. The van der Waals surface area contributed by atoms with Crippen LogP contribution in [0.5, 0.6) is 0 Å². The monoisotopic (exact) mass is 240 g/mol. The Bertz CT molecular complexity index is 553. The van der Waals surface area contributed by atoms with Gasteiger partial charge in [-0.25, -0.2) is 17.6 Å². The standard InChI is InChI=1S/C13H8F4/c1-7-4-11(16)13(12(17)5-7)8-2-3-9(14)10(15)6-8/h2-6H,1H3. The van der Waals surface area contributed by atoms with Crippen LogP contribution in [0.1, 0.15) is 5.56 Å². The normalized spacial score (nSPS) is 10.6. The van der Waals surface area contributed by atoms with Crippen molar-refractivity contribution in [1.82, 2.24) is 0 Å². The first-order chi connectivity index (χ1) is 7.99. The van der Waals surface area contributed by atoms with Gasteiger partial charge in [0.25, 0.3) is 0 Å². The molecule has 2 aromatic carbocycles. The van der Waals surface area contributed by atoms with Gasteiger partial charge in [0.15, 0.2) is 11.6 Å². The van der Waals surface area contributed by atoms with Crippen molar-refractivity contribution in [1.29, 1.82) is 0 Å². The summed E-state index contributed by atoms with van der Waals surface area (Å²) >= 11 is 0. The molecule has 0 spiro atoms. The second-order valence-electron chi connectivity index (χ2n) is 3.73. The van der Waals surface area contributed by atoms with Crippen molar-refractivity contribution in [2.75, 3.05) is 0 Å². The summed E-state index contributed by atoms with van der Waals surface area (Å²) in [5.74, 6) is -3.79. The van der Waals surface area contributed by atoms with Gasteiger partial charge in [-0.15, -0.1) is 0 Å². The third-order valence-electron chi connectivity index (χ3n) is 2.39. The van der Waals surface area contributed by atoms with Crippen LogP contribution in [0.2, 0.25) is 0 Å². The zero-order valence-corrected chi connectivity index (χ0v) is 8.90. The molecule has 0 N–H and O–H groups in total. The maximum Gasteiger partial charge on any atom is 0.159 e. The highest BCUT2D eigenvalue weighted by Gasteiger charge is 2.14. The number of benzene rings is 2. The molecule has 2 rings (SSSR count). The summed E-state index contributed by atoms with van der Waals surface area (Å²) in [6, 6.07) is 5.02. The molecule has 4 heteroatoms. The van der Waals surface area contributed by atoms with E-state index in [2.05, 4.69) is 0 Å². The minimum atomic E-state index is -1.14. The van der Waals surface area contributed by atoms with E-state index in [9.17, 15) is 17.6 Å². The summed E-state index contributed by atoms with van der Waals surface area (Å²) in [5, 5.41) is 0. The smallest absolute Gasteiger partial charge is 0.159 e. The second-order valence-corrected chi connectivity index (χ2v) is 3.73. The highest BCUT2D eigenvalue weighted by Crippen LogP contribution is 2.28. The van der Waals surface area contributed by atoms with Gasteiger partial charge in [-0.3, -0.25) is 0 Å². The molecule has 0 heterocycles. The van der Waals surface area contributed by atoms with E-state index in [0.29, 0.717) is 5.56 Å². The van der Waals surface area contributed by atoms with Crippen molar-refractivity contribution in [2.45, 2.75) is 6.92 Å². The highest BCUT2D eigenvalue weighted by atomic mass is 19.2. The van der Waals surface area contributed by atoms with Crippen molar-refractivity contribution < 1.29 is 17.6 Å². The van der Waals surface area contributed by atoms with Gasteiger partial charge in [-0.05, 0) is 42.3 Å². The lowest BCUT2D eigenvalue weighted by molar-refractivity contribution is 0.508. The second kappa shape index (κ2) is 4.20. The number of halogens is 4. The Morgan fingerprint density at radius 2 is 1.29 bits per heavy atom. The summed E-state index contributed by atoms with van der Waals surface area (Å²) in [6.07, 6.45) is 0. The van der Waals surface area contributed by atoms with E-state index in [1.165, 1.54) is 0 Å². The Hall–Kier alpha value is -1.84. The van der Waals surface area contributed by atoms with Crippen molar-refractivity contribution in [3.8, 4) is 11.1 Å². The molecule has 0 aromatic heterocycles. The molecule has 0 atom stereocenters. The molecule has 88 valence electrons. The van der Waals surface area contributed by atoms with Crippen LogP contribution < -0.4 is 0 Å². The molecular weight excluding hydrogens is 232 g/mol. The van der Waals surface area contributed by atoms with Gasteiger partial charge in [0.05, 0.1) is 5.56 Å². The lowest BCUT2D eigenvalue weighted by atomic mass is 10.0. The third kappa shape index (κ3) is 2.16. The summed E-state index contributed by atoms with van der Waals surface area (Å²) in [7, 11) is 0. The Balaban J connectivity index is 2.64. The first-order valence-electron chi connectivity index (χ1n) is 4.90. The zero-order chi connectivity index (χ0) is 12.6. The first-order valence-corrected chi connectivity index (χ1v) is 4.90. The summed E-state index contributed by atoms with van der Waals surface area (Å²) in [6.45, 7) is 1.54. The van der Waals surface area contributed by atoms with Gasteiger partial charge in [0, 0.05) is 0 Å². The van der Waals surface area contributed by atoms with Crippen molar-refractivity contribution in [3.05, 3.63) is 59.2 Å². The van der Waals surface area contributed by atoms with E-state index in [-0.39, 0.29) is 11.1 Å². The van der Waals surface area contributed by atoms with E-state index in [0.717, 1.165) is 30.3 Å². The maximum atomic E-state index is 13.6. The van der Waals surface area contributed by atoms with E-state index < -0.39 is 23.3 Å². The van der Waals surface area contributed by atoms with E-state index >= 15 is 0 Å². The average molecular weight is 240 g/mol. The van der Waals surface area contributed by atoms with Gasteiger partial charge in [0.1, 0.15) is 11.6 Å². The Kier molecular flexibility index (Phi) is 2.88. The quantitative estimate of drug-likeness (QED) is 0.655. The molecule has 0 saturated carbocycles. The van der Waals surface area contributed by atoms with Gasteiger partial charge >= 0.3 is 0 Å². The first kappa shape index (κ1) is 11.6. The summed E-state index contributed by atoms with van der Waals surface area (Å²) < 4.78 is 52.9. The van der Waals surface area contributed by atoms with E-state index in [4.69, 9.17) is 0 Å². The number of aryl methyl sites for hydroxylation is 1. The van der Waals surface area contributed by atoms with Crippen LogP contribution >= 0.6 is 0 Å². The lowest BCUT2D eigenvalue weighted by Crippen LogP contribution is -1.93. The van der Waals surface area contributed by atoms with Crippen molar-refractivity contribution >= 4 is 0 Å². The molecule has 0 saturated heterocycles. The molecule has 0 bridgehead atoms. The minimum Gasteiger partial charge on any atom is -0.206 e. The van der Waals surface area contributed by atoms with E-state index in [1.54, 1.807) is 6.92 Å². The fraction of sp³-hybridized carbons (Fsp3) is 0.0769. The highest BCUT2D eigenvalue weighted by molar-refractivity contribution is 5.65. The third-order valence-corrected chi connectivity index (χ3v) is 2.39. The molecule has 0 aliphatic carbocycles. The largest absolute Gasteiger partial charge is 0.206 e. The molecule has 0 amide bonds. The van der Waals surface area contributed by atoms with Crippen LogP contribution in [0.4, 0.5) is 17.6 Å². The SMILES string of the molecule is Cc1cc(F)c(-c2ccc(F)c(F)c2)c(F)c1. The van der Waals surface area contributed by atoms with Crippen LogP contribution in [0.15, 0.2) is 30.3 Å².